The molecule has 5 N–H and O–H groups in total. The quantitative estimate of drug-likeness (QED) is 0.182. The average molecular weight is 641 g/mol. The van der Waals surface area contributed by atoms with Gasteiger partial charge in [-0.25, -0.2) is 0 Å². The van der Waals surface area contributed by atoms with Crippen molar-refractivity contribution in [2.45, 2.75) is 50.7 Å². The Hall–Kier alpha value is -5.06. The summed E-state index contributed by atoms with van der Waals surface area (Å²) in [5.41, 5.74) is 2.90. The summed E-state index contributed by atoms with van der Waals surface area (Å²) in [5, 5.41) is 54.6. The monoisotopic (exact) mass is 640 g/mol. The molecule has 0 fully saturated rings. The minimum absolute atomic E-state index is 0.0248. The van der Waals surface area contributed by atoms with E-state index >= 15 is 0 Å². The first-order valence-corrected chi connectivity index (χ1v) is 15.2. The van der Waals surface area contributed by atoms with Crippen LogP contribution in [0.5, 0.6) is 34.5 Å². The highest BCUT2D eigenvalue weighted by Crippen LogP contribution is 2.57. The maximum Gasteiger partial charge on any atom is 0.201 e. The van der Waals surface area contributed by atoms with Crippen molar-refractivity contribution in [3.05, 3.63) is 104 Å². The topological polar surface area (TPSA) is 163 Å². The number of methoxy groups -OCH3 is 3. The fourth-order valence-corrected chi connectivity index (χ4v) is 7.24. The molecule has 4 aromatic rings. The van der Waals surface area contributed by atoms with Crippen LogP contribution >= 0.6 is 0 Å². The number of aromatic hydroxyl groups is 3. The molecule has 244 valence electrons. The zero-order chi connectivity index (χ0) is 33.9. The number of hydrogen-bond acceptors (Lipinski definition) is 10. The number of benzene rings is 4. The molecule has 4 atom stereocenters. The molecule has 0 amide bonds. The fourth-order valence-electron chi connectivity index (χ4n) is 7.24. The molecule has 2 aliphatic rings. The molecular weight excluding hydrogens is 604 g/mol. The lowest BCUT2D eigenvalue weighted by Crippen LogP contribution is -2.30. The van der Waals surface area contributed by atoms with E-state index in [0.29, 0.717) is 39.1 Å². The van der Waals surface area contributed by atoms with E-state index in [9.17, 15) is 35.1 Å². The first-order valence-electron chi connectivity index (χ1n) is 15.2. The molecule has 0 heterocycles. The Balaban J connectivity index is 1.79. The van der Waals surface area contributed by atoms with Crippen LogP contribution in [0.2, 0.25) is 0 Å². The van der Waals surface area contributed by atoms with Crippen LogP contribution < -0.4 is 14.2 Å². The van der Waals surface area contributed by atoms with E-state index in [1.165, 1.54) is 39.5 Å². The van der Waals surface area contributed by atoms with Crippen molar-refractivity contribution in [2.75, 3.05) is 21.3 Å². The Bertz CT molecular complexity index is 1940. The third-order valence-corrected chi connectivity index (χ3v) is 8.98. The van der Waals surface area contributed by atoms with Gasteiger partial charge < -0.3 is 39.7 Å². The van der Waals surface area contributed by atoms with Crippen LogP contribution in [-0.2, 0) is 12.8 Å². The average Bonchev–Trinajstić information content (AvgIpc) is 3.00. The highest BCUT2D eigenvalue weighted by molar-refractivity contribution is 6.18. The van der Waals surface area contributed by atoms with Crippen LogP contribution in [0.4, 0.5) is 0 Å². The summed E-state index contributed by atoms with van der Waals surface area (Å²) in [7, 11) is 4.33. The number of hydrogen-bond donors (Lipinski definition) is 5. The second-order valence-corrected chi connectivity index (χ2v) is 12.3. The van der Waals surface area contributed by atoms with Crippen molar-refractivity contribution in [3.63, 3.8) is 0 Å². The molecule has 0 saturated carbocycles. The molecule has 10 nitrogen and oxygen atoms in total. The van der Waals surface area contributed by atoms with Gasteiger partial charge in [-0.2, -0.15) is 0 Å². The zero-order valence-corrected chi connectivity index (χ0v) is 26.6. The van der Waals surface area contributed by atoms with E-state index in [0.717, 1.165) is 0 Å². The van der Waals surface area contributed by atoms with Crippen molar-refractivity contribution >= 4 is 11.6 Å². The Morgan fingerprint density at radius 2 is 0.936 bits per heavy atom. The first kappa shape index (κ1) is 31.9. The molecule has 2 aliphatic carbocycles. The number of phenols is 3. The van der Waals surface area contributed by atoms with Crippen LogP contribution in [0.25, 0.3) is 0 Å². The highest BCUT2D eigenvalue weighted by atomic mass is 16.5. The lowest BCUT2D eigenvalue weighted by molar-refractivity contribution is 0.101. The van der Waals surface area contributed by atoms with E-state index in [-0.39, 0.29) is 63.8 Å². The van der Waals surface area contributed by atoms with Crippen LogP contribution in [0, 0.1) is 0 Å². The van der Waals surface area contributed by atoms with Gasteiger partial charge in [0.15, 0.2) is 0 Å². The SMILES string of the molecule is COc1cc(O)c2c(c1)[C@@H]([C@@H]1c3cc(C[C@H](C)O)cc(O)c3C(=O)c3c(OC)cc(OC)cc31)c1cc(C[C@H](C)O)cc(O)c1C2=O. The van der Waals surface area contributed by atoms with Crippen molar-refractivity contribution in [3.8, 4) is 34.5 Å². The van der Waals surface area contributed by atoms with Gasteiger partial charge in [-0.1, -0.05) is 12.1 Å². The van der Waals surface area contributed by atoms with Crippen LogP contribution in [0.1, 0.15) is 90.9 Å². The maximum atomic E-state index is 14.3. The molecule has 4 aromatic carbocycles. The summed E-state index contributed by atoms with van der Waals surface area (Å²) < 4.78 is 16.8. The number of aliphatic hydroxyl groups is 2. The van der Waals surface area contributed by atoms with Crippen LogP contribution in [0.15, 0.2) is 48.5 Å². The molecule has 6 rings (SSSR count). The number of rotatable bonds is 8. The minimum atomic E-state index is -0.859. The molecule has 47 heavy (non-hydrogen) atoms. The molecule has 10 heteroatoms. The third kappa shape index (κ3) is 5.23. The normalized spacial score (nSPS) is 17.6. The number of phenolic OH excluding ortho intramolecular Hbond substituents is 3. The molecule has 0 spiro atoms. The standard InChI is InChI=1S/C37H36O10/c1-16(38)6-18-8-22-30(24-12-20(45-3)14-28(42)34(24)36(43)32(22)26(40)10-18)31-23-9-19(7-17(2)39)11-27(41)33(23)37(44)35-25(31)13-21(46-4)15-29(35)47-5/h8-17,30-31,38-42H,6-7H2,1-5H3/t16-,17-,30-,31+/m0/s1. The maximum absolute atomic E-state index is 14.3. The van der Waals surface area contributed by atoms with Crippen LogP contribution in [0.3, 0.4) is 0 Å². The van der Waals surface area contributed by atoms with Gasteiger partial charge in [-0.3, -0.25) is 9.59 Å². The third-order valence-electron chi connectivity index (χ3n) is 8.98. The molecule has 0 unspecified atom stereocenters. The van der Waals surface area contributed by atoms with Gasteiger partial charge in [0.2, 0.25) is 11.6 Å². The van der Waals surface area contributed by atoms with Gasteiger partial charge in [-0.05, 0) is 84.3 Å². The summed E-state index contributed by atoms with van der Waals surface area (Å²) in [6, 6.07) is 12.6. The Labute approximate surface area is 271 Å². The predicted molar refractivity (Wildman–Crippen MR) is 172 cm³/mol. The van der Waals surface area contributed by atoms with E-state index < -0.39 is 35.6 Å². The van der Waals surface area contributed by atoms with E-state index in [1.54, 1.807) is 44.2 Å². The smallest absolute Gasteiger partial charge is 0.201 e. The number of fused-ring (bicyclic) bond motifs is 4. The van der Waals surface area contributed by atoms with Gasteiger partial charge in [0, 0.05) is 24.0 Å². The van der Waals surface area contributed by atoms with E-state index in [1.807, 2.05) is 0 Å². The Morgan fingerprint density at radius 1 is 0.553 bits per heavy atom. The Morgan fingerprint density at radius 3 is 1.36 bits per heavy atom. The van der Waals surface area contributed by atoms with E-state index in [4.69, 9.17) is 14.2 Å². The molecular formula is C37H36O10. The molecule has 0 aliphatic heterocycles. The number of carbonyl (C=O) groups is 2. The van der Waals surface area contributed by atoms with Crippen molar-refractivity contribution in [2.24, 2.45) is 0 Å². The van der Waals surface area contributed by atoms with Gasteiger partial charge in [-0.15, -0.1) is 0 Å². The Kier molecular flexibility index (Phi) is 8.11. The van der Waals surface area contributed by atoms with Gasteiger partial charge in [0.25, 0.3) is 0 Å². The number of ketones is 2. The molecule has 0 bridgehead atoms. The second-order valence-electron chi connectivity index (χ2n) is 12.3. The lowest BCUT2D eigenvalue weighted by Gasteiger charge is -2.39. The number of ether oxygens (including phenoxy) is 3. The summed E-state index contributed by atoms with van der Waals surface area (Å²) in [4.78, 5) is 28.4. The number of aliphatic hydroxyl groups excluding tert-OH is 2. The lowest BCUT2D eigenvalue weighted by atomic mass is 9.63. The van der Waals surface area contributed by atoms with Gasteiger partial charge >= 0.3 is 0 Å². The zero-order valence-electron chi connectivity index (χ0n) is 26.6. The first-order chi connectivity index (χ1) is 22.4. The molecule has 0 saturated heterocycles. The summed E-state index contributed by atoms with van der Waals surface area (Å²) in [5.74, 6) is -2.88. The largest absolute Gasteiger partial charge is 0.507 e. The number of carbonyl (C=O) groups excluding carboxylic acids is 2. The van der Waals surface area contributed by atoms with Gasteiger partial charge in [0.05, 0.1) is 55.8 Å². The second kappa shape index (κ2) is 11.9. The molecule has 0 radical (unpaired) electrons. The summed E-state index contributed by atoms with van der Waals surface area (Å²) in [6.07, 6.45) is -1.16. The minimum Gasteiger partial charge on any atom is -0.507 e. The van der Waals surface area contributed by atoms with E-state index in [2.05, 4.69) is 0 Å². The summed E-state index contributed by atoms with van der Waals surface area (Å²) in [6.45, 7) is 3.23. The molecule has 0 aromatic heterocycles. The predicted octanol–water partition coefficient (Wildman–Crippen LogP) is 4.73. The van der Waals surface area contributed by atoms with Crippen molar-refractivity contribution in [1.82, 2.24) is 0 Å². The van der Waals surface area contributed by atoms with Gasteiger partial charge in [0.1, 0.15) is 34.5 Å². The fraction of sp³-hybridized carbons (Fsp3) is 0.297. The van der Waals surface area contributed by atoms with Crippen molar-refractivity contribution < 1.29 is 49.3 Å². The summed E-state index contributed by atoms with van der Waals surface area (Å²) >= 11 is 0. The van der Waals surface area contributed by atoms with Crippen molar-refractivity contribution in [1.29, 1.82) is 0 Å². The highest BCUT2D eigenvalue weighted by Gasteiger charge is 2.46. The van der Waals surface area contributed by atoms with Crippen LogP contribution in [-0.4, -0.2) is 70.6 Å².